The molecule has 0 saturated heterocycles. The monoisotopic (exact) mass is 327 g/mol. The Kier molecular flexibility index (Phi) is 5.33. The van der Waals surface area contributed by atoms with Gasteiger partial charge >= 0.3 is 5.97 Å². The molecule has 2 rings (SSSR count). The maximum Gasteiger partial charge on any atom is 0.305 e. The molecule has 1 aromatic heterocycles. The van der Waals surface area contributed by atoms with Gasteiger partial charge in [-0.2, -0.15) is 0 Å². The third kappa shape index (κ3) is 4.27. The van der Waals surface area contributed by atoms with E-state index < -0.39 is 11.8 Å². The number of rotatable bonds is 6. The Balaban J connectivity index is 2.15. The second-order valence-corrected chi connectivity index (χ2v) is 6.11. The van der Waals surface area contributed by atoms with Gasteiger partial charge in [-0.05, 0) is 36.1 Å². The molecule has 0 radical (unpaired) electrons. The molecular weight excluding hydrogens is 313 g/mol. The van der Waals surface area contributed by atoms with Crippen molar-refractivity contribution in [1.82, 2.24) is 5.32 Å². The molecule has 0 amide bonds. The lowest BCUT2D eigenvalue weighted by molar-refractivity contribution is -0.137. The Bertz CT molecular complexity index is 618. The van der Waals surface area contributed by atoms with E-state index in [1.807, 2.05) is 24.4 Å². The van der Waals surface area contributed by atoms with E-state index in [9.17, 15) is 9.18 Å². The topological polar surface area (TPSA) is 49.3 Å². The summed E-state index contributed by atoms with van der Waals surface area (Å²) >= 11 is 7.29. The van der Waals surface area contributed by atoms with Crippen molar-refractivity contribution >= 4 is 28.9 Å². The Morgan fingerprint density at radius 1 is 1.48 bits per heavy atom. The van der Waals surface area contributed by atoms with Crippen LogP contribution in [-0.2, 0) is 4.79 Å². The summed E-state index contributed by atoms with van der Waals surface area (Å²) in [5.74, 6) is -1.34. The number of hydrogen-bond donors (Lipinski definition) is 2. The zero-order chi connectivity index (χ0) is 15.4. The molecule has 6 heteroatoms. The lowest BCUT2D eigenvalue weighted by Gasteiger charge is -2.22. The average Bonchev–Trinajstić information content (AvgIpc) is 2.94. The van der Waals surface area contributed by atoms with E-state index in [2.05, 4.69) is 5.32 Å². The highest BCUT2D eigenvalue weighted by Crippen LogP contribution is 2.27. The third-order valence-electron chi connectivity index (χ3n) is 3.16. The van der Waals surface area contributed by atoms with Crippen LogP contribution in [0.15, 0.2) is 35.7 Å². The molecule has 0 aliphatic carbocycles. The number of thiophene rings is 1. The van der Waals surface area contributed by atoms with Gasteiger partial charge in [-0.25, -0.2) is 4.39 Å². The smallest absolute Gasteiger partial charge is 0.305 e. The third-order valence-corrected chi connectivity index (χ3v) is 4.44. The molecule has 0 bridgehead atoms. The fourth-order valence-corrected chi connectivity index (χ4v) is 3.06. The van der Waals surface area contributed by atoms with Gasteiger partial charge in [0.2, 0.25) is 0 Å². The van der Waals surface area contributed by atoms with Gasteiger partial charge < -0.3 is 10.4 Å². The summed E-state index contributed by atoms with van der Waals surface area (Å²) in [6.45, 7) is 1.89. The van der Waals surface area contributed by atoms with Crippen molar-refractivity contribution in [2.45, 2.75) is 25.4 Å². The highest BCUT2D eigenvalue weighted by molar-refractivity contribution is 7.10. The first-order valence-electron chi connectivity index (χ1n) is 6.43. The van der Waals surface area contributed by atoms with Crippen LogP contribution in [0.1, 0.15) is 35.9 Å². The van der Waals surface area contributed by atoms with Gasteiger partial charge in [0.1, 0.15) is 5.82 Å². The van der Waals surface area contributed by atoms with Crippen molar-refractivity contribution < 1.29 is 14.3 Å². The summed E-state index contributed by atoms with van der Waals surface area (Å²) in [6, 6.07) is 7.86. The molecule has 2 aromatic rings. The molecule has 0 fully saturated rings. The maximum absolute atomic E-state index is 13.2. The Morgan fingerprint density at radius 2 is 2.24 bits per heavy atom. The molecule has 21 heavy (non-hydrogen) atoms. The summed E-state index contributed by atoms with van der Waals surface area (Å²) in [6.07, 6.45) is -0.0141. The molecule has 2 unspecified atom stereocenters. The molecule has 3 nitrogen and oxygen atoms in total. The summed E-state index contributed by atoms with van der Waals surface area (Å²) in [4.78, 5) is 12.0. The lowest BCUT2D eigenvalue weighted by atomic mass is 10.1. The molecule has 2 atom stereocenters. The van der Waals surface area contributed by atoms with Gasteiger partial charge in [0.25, 0.3) is 0 Å². The summed E-state index contributed by atoms with van der Waals surface area (Å²) in [5, 5.41) is 14.3. The van der Waals surface area contributed by atoms with E-state index in [4.69, 9.17) is 16.7 Å². The minimum atomic E-state index is -0.870. The van der Waals surface area contributed by atoms with Crippen molar-refractivity contribution in [1.29, 1.82) is 0 Å². The second-order valence-electron chi connectivity index (χ2n) is 4.73. The Labute approximate surface area is 131 Å². The van der Waals surface area contributed by atoms with Gasteiger partial charge in [-0.1, -0.05) is 23.7 Å². The van der Waals surface area contributed by atoms with E-state index in [0.29, 0.717) is 0 Å². The summed E-state index contributed by atoms with van der Waals surface area (Å²) in [5.41, 5.74) is 0.813. The number of carboxylic acids is 1. The van der Waals surface area contributed by atoms with Crippen molar-refractivity contribution in [2.75, 3.05) is 0 Å². The molecule has 0 aliphatic rings. The van der Waals surface area contributed by atoms with Gasteiger partial charge in [0.05, 0.1) is 17.5 Å². The van der Waals surface area contributed by atoms with E-state index in [-0.39, 0.29) is 23.5 Å². The first-order valence-corrected chi connectivity index (χ1v) is 7.69. The summed E-state index contributed by atoms with van der Waals surface area (Å²) in [7, 11) is 0. The zero-order valence-corrected chi connectivity index (χ0v) is 12.9. The van der Waals surface area contributed by atoms with Crippen LogP contribution in [0.4, 0.5) is 4.39 Å². The van der Waals surface area contributed by atoms with Crippen LogP contribution in [0, 0.1) is 5.82 Å². The fourth-order valence-electron chi connectivity index (χ4n) is 2.09. The normalized spacial score (nSPS) is 13.9. The molecule has 1 heterocycles. The number of benzene rings is 1. The molecule has 112 valence electrons. The minimum absolute atomic E-state index is 0.0141. The number of carbonyl (C=O) groups is 1. The molecule has 2 N–H and O–H groups in total. The SMILES string of the molecule is CC(NC(CC(=O)O)c1cccs1)c1ccc(F)c(Cl)c1. The van der Waals surface area contributed by atoms with Crippen molar-refractivity contribution in [3.05, 3.63) is 57.0 Å². The van der Waals surface area contributed by atoms with Crippen LogP contribution in [-0.4, -0.2) is 11.1 Å². The minimum Gasteiger partial charge on any atom is -0.481 e. The average molecular weight is 328 g/mol. The number of hydrogen-bond acceptors (Lipinski definition) is 3. The lowest BCUT2D eigenvalue weighted by Crippen LogP contribution is -2.26. The number of halogens is 2. The van der Waals surface area contributed by atoms with Crippen LogP contribution < -0.4 is 5.32 Å². The molecule has 1 aromatic carbocycles. The van der Waals surface area contributed by atoms with Crippen molar-refractivity contribution in [3.8, 4) is 0 Å². The standard InChI is InChI=1S/C15H15ClFNO2S/c1-9(10-4-5-12(17)11(16)7-10)18-13(8-15(19)20)14-3-2-6-21-14/h2-7,9,13,18H,8H2,1H3,(H,19,20). The number of aliphatic carboxylic acids is 1. The van der Waals surface area contributed by atoms with Crippen molar-refractivity contribution in [2.24, 2.45) is 0 Å². The van der Waals surface area contributed by atoms with Crippen LogP contribution >= 0.6 is 22.9 Å². The fraction of sp³-hybridized carbons (Fsp3) is 0.267. The molecular formula is C15H15ClFNO2S. The highest BCUT2D eigenvalue weighted by Gasteiger charge is 2.19. The van der Waals surface area contributed by atoms with Gasteiger partial charge in [0.15, 0.2) is 0 Å². The molecule has 0 spiro atoms. The van der Waals surface area contributed by atoms with Gasteiger partial charge in [-0.15, -0.1) is 11.3 Å². The highest BCUT2D eigenvalue weighted by atomic mass is 35.5. The van der Waals surface area contributed by atoms with Gasteiger partial charge in [-0.3, -0.25) is 4.79 Å². The van der Waals surface area contributed by atoms with Crippen molar-refractivity contribution in [3.63, 3.8) is 0 Å². The zero-order valence-electron chi connectivity index (χ0n) is 11.3. The second kappa shape index (κ2) is 7.02. The number of carboxylic acid groups (broad SMARTS) is 1. The van der Waals surface area contributed by atoms with Gasteiger partial charge in [0, 0.05) is 10.9 Å². The van der Waals surface area contributed by atoms with Crippen LogP contribution in [0.25, 0.3) is 0 Å². The Hall–Kier alpha value is -1.43. The largest absolute Gasteiger partial charge is 0.481 e. The molecule has 0 aliphatic heterocycles. The van der Waals surface area contributed by atoms with Crippen LogP contribution in [0.3, 0.4) is 0 Å². The van der Waals surface area contributed by atoms with E-state index >= 15 is 0 Å². The van der Waals surface area contributed by atoms with E-state index in [1.54, 1.807) is 12.1 Å². The van der Waals surface area contributed by atoms with E-state index in [1.165, 1.54) is 17.4 Å². The Morgan fingerprint density at radius 3 is 2.81 bits per heavy atom. The first-order chi connectivity index (χ1) is 9.97. The van der Waals surface area contributed by atoms with Crippen LogP contribution in [0.2, 0.25) is 5.02 Å². The van der Waals surface area contributed by atoms with Crippen LogP contribution in [0.5, 0.6) is 0 Å². The number of nitrogens with one attached hydrogen (secondary N) is 1. The van der Waals surface area contributed by atoms with E-state index in [0.717, 1.165) is 10.4 Å². The maximum atomic E-state index is 13.2. The first kappa shape index (κ1) is 15.9. The predicted octanol–water partition coefficient (Wildman–Crippen LogP) is 4.41. The molecule has 0 saturated carbocycles. The quantitative estimate of drug-likeness (QED) is 0.826. The summed E-state index contributed by atoms with van der Waals surface area (Å²) < 4.78 is 13.2. The predicted molar refractivity (Wildman–Crippen MR) is 82.3 cm³/mol.